The Morgan fingerprint density at radius 3 is 1.89 bits per heavy atom. The predicted octanol–water partition coefficient (Wildman–Crippen LogP) is -1.00. The molecule has 0 rings (SSSR count). The van der Waals surface area contributed by atoms with Crippen LogP contribution in [0.3, 0.4) is 0 Å². The van der Waals surface area contributed by atoms with Crippen molar-refractivity contribution in [2.75, 3.05) is 27.8 Å². The maximum atomic E-state index is 4.86. The molecule has 0 fully saturated rings. The number of nitrogens with one attached hydrogen (secondary N) is 1. The van der Waals surface area contributed by atoms with Crippen LogP contribution in [0.25, 0.3) is 0 Å². The second kappa shape index (κ2) is 7.84. The third-order valence-corrected chi connectivity index (χ3v) is 0.897. The van der Waals surface area contributed by atoms with Crippen molar-refractivity contribution < 1.29 is 14.9 Å². The molecule has 0 atom stereocenters. The fourth-order valence-corrected chi connectivity index (χ4v) is 0.430. The molecule has 0 saturated carbocycles. The SMILES string of the molecule is CNCC(OC)OC.O. The molecule has 0 heterocycles. The van der Waals surface area contributed by atoms with Gasteiger partial charge in [-0.3, -0.25) is 0 Å². The Kier molecular flexibility index (Phi) is 10.1. The molecular weight excluding hydrogens is 122 g/mol. The minimum Gasteiger partial charge on any atom is -0.412 e. The Balaban J connectivity index is 0. The molecule has 0 aromatic rings. The van der Waals surface area contributed by atoms with Crippen LogP contribution in [0.2, 0.25) is 0 Å². The number of methoxy groups -OCH3 is 2. The Labute approximate surface area is 55.5 Å². The van der Waals surface area contributed by atoms with Crippen molar-refractivity contribution in [3.63, 3.8) is 0 Å². The van der Waals surface area contributed by atoms with Crippen molar-refractivity contribution >= 4 is 0 Å². The smallest absolute Gasteiger partial charge is 0.169 e. The van der Waals surface area contributed by atoms with Crippen LogP contribution in [0.4, 0.5) is 0 Å². The quantitative estimate of drug-likeness (QED) is 0.505. The zero-order valence-corrected chi connectivity index (χ0v) is 6.10. The van der Waals surface area contributed by atoms with Crippen molar-refractivity contribution in [1.29, 1.82) is 0 Å². The van der Waals surface area contributed by atoms with Gasteiger partial charge in [-0.1, -0.05) is 0 Å². The molecule has 9 heavy (non-hydrogen) atoms. The van der Waals surface area contributed by atoms with Crippen LogP contribution in [0.1, 0.15) is 0 Å². The molecule has 3 N–H and O–H groups in total. The van der Waals surface area contributed by atoms with E-state index in [2.05, 4.69) is 5.32 Å². The molecule has 0 amide bonds. The lowest BCUT2D eigenvalue weighted by Gasteiger charge is -2.11. The van der Waals surface area contributed by atoms with Crippen LogP contribution in [0.15, 0.2) is 0 Å². The number of ether oxygens (including phenoxy) is 2. The fourth-order valence-electron chi connectivity index (χ4n) is 0.430. The van der Waals surface area contributed by atoms with Gasteiger partial charge in [-0.15, -0.1) is 0 Å². The van der Waals surface area contributed by atoms with Crippen LogP contribution in [0, 0.1) is 0 Å². The van der Waals surface area contributed by atoms with E-state index < -0.39 is 0 Å². The Morgan fingerprint density at radius 1 is 1.33 bits per heavy atom. The lowest BCUT2D eigenvalue weighted by atomic mass is 10.6. The van der Waals surface area contributed by atoms with Crippen LogP contribution < -0.4 is 5.32 Å². The summed E-state index contributed by atoms with van der Waals surface area (Å²) in [4.78, 5) is 0. The highest BCUT2D eigenvalue weighted by atomic mass is 16.7. The van der Waals surface area contributed by atoms with E-state index in [0.717, 1.165) is 6.54 Å². The highest BCUT2D eigenvalue weighted by molar-refractivity contribution is 4.42. The van der Waals surface area contributed by atoms with Crippen molar-refractivity contribution in [2.24, 2.45) is 0 Å². The summed E-state index contributed by atoms with van der Waals surface area (Å²) in [6.45, 7) is 0.729. The van der Waals surface area contributed by atoms with Crippen LogP contribution in [0.5, 0.6) is 0 Å². The van der Waals surface area contributed by atoms with E-state index in [1.807, 2.05) is 7.05 Å². The van der Waals surface area contributed by atoms with Gasteiger partial charge in [-0.2, -0.15) is 0 Å². The topological polar surface area (TPSA) is 62.0 Å². The molecule has 58 valence electrons. The Morgan fingerprint density at radius 2 is 1.78 bits per heavy atom. The molecule has 0 saturated heterocycles. The van der Waals surface area contributed by atoms with Crippen molar-refractivity contribution in [2.45, 2.75) is 6.29 Å². The largest absolute Gasteiger partial charge is 0.412 e. The average molecular weight is 137 g/mol. The standard InChI is InChI=1S/C5H13NO2.H2O/c1-6-4-5(7-2)8-3;/h5-6H,4H2,1-3H3;1H2. The van der Waals surface area contributed by atoms with Gasteiger partial charge in [0.05, 0.1) is 0 Å². The highest BCUT2D eigenvalue weighted by Crippen LogP contribution is 1.85. The van der Waals surface area contributed by atoms with Crippen LogP contribution >= 0.6 is 0 Å². The van der Waals surface area contributed by atoms with Crippen molar-refractivity contribution in [3.05, 3.63) is 0 Å². The van der Waals surface area contributed by atoms with E-state index >= 15 is 0 Å². The summed E-state index contributed by atoms with van der Waals surface area (Å²) in [5.41, 5.74) is 0. The molecule has 4 heteroatoms. The van der Waals surface area contributed by atoms with Gasteiger partial charge in [-0.25, -0.2) is 0 Å². The van der Waals surface area contributed by atoms with Crippen LogP contribution in [-0.2, 0) is 9.47 Å². The summed E-state index contributed by atoms with van der Waals surface area (Å²) < 4.78 is 9.71. The van der Waals surface area contributed by atoms with E-state index in [1.54, 1.807) is 14.2 Å². The molecule has 0 bridgehead atoms. The molecular formula is C5H15NO3. The van der Waals surface area contributed by atoms with Gasteiger partial charge < -0.3 is 20.3 Å². The zero-order chi connectivity index (χ0) is 6.41. The summed E-state index contributed by atoms with van der Waals surface area (Å²) in [6, 6.07) is 0. The van der Waals surface area contributed by atoms with Gasteiger partial charge in [0, 0.05) is 20.8 Å². The van der Waals surface area contributed by atoms with E-state index in [-0.39, 0.29) is 11.8 Å². The molecule has 0 spiro atoms. The van der Waals surface area contributed by atoms with E-state index in [1.165, 1.54) is 0 Å². The first-order valence-corrected chi connectivity index (χ1v) is 2.55. The van der Waals surface area contributed by atoms with Gasteiger partial charge in [0.2, 0.25) is 0 Å². The molecule has 0 aromatic heterocycles. The summed E-state index contributed by atoms with van der Waals surface area (Å²) in [5.74, 6) is 0. The van der Waals surface area contributed by atoms with Gasteiger partial charge in [0.1, 0.15) is 0 Å². The molecule has 0 aromatic carbocycles. The van der Waals surface area contributed by atoms with Crippen LogP contribution in [-0.4, -0.2) is 39.6 Å². The summed E-state index contributed by atoms with van der Waals surface area (Å²) >= 11 is 0. The maximum absolute atomic E-state index is 4.86. The Bertz CT molecular complexity index is 47.5. The van der Waals surface area contributed by atoms with E-state index in [9.17, 15) is 0 Å². The van der Waals surface area contributed by atoms with Crippen molar-refractivity contribution in [1.82, 2.24) is 5.32 Å². The lowest BCUT2D eigenvalue weighted by molar-refractivity contribution is -0.0978. The normalized spacial score (nSPS) is 9.33. The maximum Gasteiger partial charge on any atom is 0.169 e. The third kappa shape index (κ3) is 5.72. The first kappa shape index (κ1) is 11.6. The lowest BCUT2D eigenvalue weighted by Crippen LogP contribution is -2.26. The summed E-state index contributed by atoms with van der Waals surface area (Å²) in [7, 11) is 5.09. The number of rotatable bonds is 4. The minimum atomic E-state index is -0.111. The first-order chi connectivity index (χ1) is 3.85. The molecule has 0 unspecified atom stereocenters. The molecule has 0 aliphatic rings. The fraction of sp³-hybridized carbons (Fsp3) is 1.00. The minimum absolute atomic E-state index is 0. The predicted molar refractivity (Wildman–Crippen MR) is 35.3 cm³/mol. The third-order valence-electron chi connectivity index (χ3n) is 0.897. The number of hydrogen-bond acceptors (Lipinski definition) is 3. The second-order valence-corrected chi connectivity index (χ2v) is 1.46. The van der Waals surface area contributed by atoms with Crippen molar-refractivity contribution in [3.8, 4) is 0 Å². The number of hydrogen-bond donors (Lipinski definition) is 1. The molecule has 4 nitrogen and oxygen atoms in total. The van der Waals surface area contributed by atoms with Gasteiger partial charge >= 0.3 is 0 Å². The second-order valence-electron chi connectivity index (χ2n) is 1.46. The molecule has 0 radical (unpaired) electrons. The molecule has 0 aliphatic heterocycles. The Hall–Kier alpha value is -0.160. The zero-order valence-electron chi connectivity index (χ0n) is 6.10. The van der Waals surface area contributed by atoms with E-state index in [4.69, 9.17) is 9.47 Å². The molecule has 0 aliphatic carbocycles. The van der Waals surface area contributed by atoms with E-state index in [0.29, 0.717) is 0 Å². The number of likely N-dealkylation sites (N-methyl/N-ethyl adjacent to an activating group) is 1. The van der Waals surface area contributed by atoms with Gasteiger partial charge in [-0.05, 0) is 7.05 Å². The van der Waals surface area contributed by atoms with Gasteiger partial charge in [0.15, 0.2) is 6.29 Å². The average Bonchev–Trinajstić information content (AvgIpc) is 1.83. The monoisotopic (exact) mass is 137 g/mol. The highest BCUT2D eigenvalue weighted by Gasteiger charge is 1.99. The summed E-state index contributed by atoms with van der Waals surface area (Å²) in [5, 5.41) is 2.92. The first-order valence-electron chi connectivity index (χ1n) is 2.55. The van der Waals surface area contributed by atoms with Gasteiger partial charge in [0.25, 0.3) is 0 Å². The summed E-state index contributed by atoms with van der Waals surface area (Å²) in [6.07, 6.45) is -0.111.